The molecular formula is C25H29N3O3. The fraction of sp³-hybridized carbons (Fsp3) is 0.400. The maximum Gasteiger partial charge on any atom is 0.308 e. The maximum absolute atomic E-state index is 12.7. The van der Waals surface area contributed by atoms with Gasteiger partial charge in [-0.1, -0.05) is 17.7 Å². The summed E-state index contributed by atoms with van der Waals surface area (Å²) in [6, 6.07) is 12.3. The second kappa shape index (κ2) is 9.33. The summed E-state index contributed by atoms with van der Waals surface area (Å²) in [6.45, 7) is 3.35. The Bertz CT molecular complexity index is 1070. The number of carbonyl (C=O) groups excluding carboxylic acids is 2. The molecule has 0 unspecified atom stereocenters. The number of rotatable bonds is 6. The molecule has 6 heteroatoms. The van der Waals surface area contributed by atoms with E-state index in [-0.39, 0.29) is 17.8 Å². The molecule has 1 fully saturated rings. The van der Waals surface area contributed by atoms with Gasteiger partial charge in [0.15, 0.2) is 0 Å². The van der Waals surface area contributed by atoms with Crippen LogP contribution < -0.4 is 0 Å². The Hall–Kier alpha value is -3.15. The van der Waals surface area contributed by atoms with Gasteiger partial charge in [0, 0.05) is 36.6 Å². The van der Waals surface area contributed by atoms with E-state index < -0.39 is 0 Å². The zero-order valence-electron chi connectivity index (χ0n) is 18.2. The number of aryl methyl sites for hydroxylation is 2. The van der Waals surface area contributed by atoms with Gasteiger partial charge in [0.25, 0.3) is 0 Å². The Morgan fingerprint density at radius 3 is 2.71 bits per heavy atom. The smallest absolute Gasteiger partial charge is 0.308 e. The van der Waals surface area contributed by atoms with Crippen LogP contribution >= 0.6 is 0 Å². The lowest BCUT2D eigenvalue weighted by Gasteiger charge is -2.30. The zero-order chi connectivity index (χ0) is 21.8. The van der Waals surface area contributed by atoms with E-state index in [1.807, 2.05) is 23.1 Å². The van der Waals surface area contributed by atoms with Crippen molar-refractivity contribution in [2.24, 2.45) is 5.92 Å². The van der Waals surface area contributed by atoms with Crippen molar-refractivity contribution < 1.29 is 14.3 Å². The van der Waals surface area contributed by atoms with Crippen LogP contribution in [0.1, 0.15) is 36.8 Å². The second-order valence-corrected chi connectivity index (χ2v) is 8.27. The van der Waals surface area contributed by atoms with Gasteiger partial charge < -0.3 is 14.6 Å². The largest absolute Gasteiger partial charge is 0.469 e. The van der Waals surface area contributed by atoms with Crippen LogP contribution in [0.2, 0.25) is 0 Å². The van der Waals surface area contributed by atoms with Crippen molar-refractivity contribution in [3.05, 3.63) is 53.7 Å². The zero-order valence-corrected chi connectivity index (χ0v) is 18.2. The summed E-state index contributed by atoms with van der Waals surface area (Å²) in [4.78, 5) is 34.4. The van der Waals surface area contributed by atoms with Crippen LogP contribution in [-0.4, -0.2) is 46.9 Å². The molecule has 3 heterocycles. The summed E-state index contributed by atoms with van der Waals surface area (Å²) >= 11 is 0. The second-order valence-electron chi connectivity index (χ2n) is 8.27. The number of carbonyl (C=O) groups is 2. The number of nitrogens with one attached hydrogen (secondary N) is 1. The number of hydrogen-bond acceptors (Lipinski definition) is 4. The van der Waals surface area contributed by atoms with Crippen molar-refractivity contribution in [1.82, 2.24) is 14.9 Å². The first-order chi connectivity index (χ1) is 15.1. The minimum absolute atomic E-state index is 0.0792. The van der Waals surface area contributed by atoms with Crippen LogP contribution in [0.4, 0.5) is 0 Å². The van der Waals surface area contributed by atoms with Crippen molar-refractivity contribution >= 4 is 22.8 Å². The van der Waals surface area contributed by atoms with Crippen molar-refractivity contribution in [2.75, 3.05) is 20.2 Å². The Labute approximate surface area is 182 Å². The number of aromatic nitrogens is 2. The fourth-order valence-corrected chi connectivity index (χ4v) is 4.46. The number of methoxy groups -OCH3 is 1. The van der Waals surface area contributed by atoms with Crippen LogP contribution in [-0.2, 0) is 20.7 Å². The quantitative estimate of drug-likeness (QED) is 0.606. The molecule has 0 saturated carbocycles. The molecule has 1 aromatic carbocycles. The average molecular weight is 420 g/mol. The predicted octanol–water partition coefficient (Wildman–Crippen LogP) is 4.27. The lowest BCUT2D eigenvalue weighted by molar-refractivity contribution is -0.148. The minimum Gasteiger partial charge on any atom is -0.469 e. The summed E-state index contributed by atoms with van der Waals surface area (Å²) in [5.74, 6) is -0.0769. The highest BCUT2D eigenvalue weighted by molar-refractivity contribution is 5.90. The summed E-state index contributed by atoms with van der Waals surface area (Å²) in [6.07, 6.45) is 5.25. The molecule has 1 saturated heterocycles. The number of amides is 1. The number of piperidine rings is 1. The molecule has 4 rings (SSSR count). The molecule has 0 atom stereocenters. The lowest BCUT2D eigenvalue weighted by Crippen LogP contribution is -2.40. The van der Waals surface area contributed by atoms with Gasteiger partial charge in [-0.2, -0.15) is 0 Å². The first-order valence-electron chi connectivity index (χ1n) is 10.9. The number of ether oxygens (including phenoxy) is 1. The van der Waals surface area contributed by atoms with Crippen LogP contribution in [0.15, 0.2) is 42.6 Å². The summed E-state index contributed by atoms with van der Waals surface area (Å²) in [5.41, 5.74) is 5.48. The van der Waals surface area contributed by atoms with Gasteiger partial charge in [-0.05, 0) is 62.4 Å². The Balaban J connectivity index is 1.44. The molecule has 0 spiro atoms. The highest BCUT2D eigenvalue weighted by atomic mass is 16.5. The van der Waals surface area contributed by atoms with E-state index in [1.165, 1.54) is 23.6 Å². The number of hydrogen-bond donors (Lipinski definition) is 1. The predicted molar refractivity (Wildman–Crippen MR) is 121 cm³/mol. The van der Waals surface area contributed by atoms with Gasteiger partial charge in [0.2, 0.25) is 5.91 Å². The van der Waals surface area contributed by atoms with Crippen molar-refractivity contribution in [2.45, 2.75) is 39.0 Å². The standard InChI is InChI=1S/C25H29N3O3/c1-17-9-10-21-20(16-17)19(24(27-21)22-7-3-4-13-26-22)6-5-8-23(29)28-14-11-18(12-15-28)25(30)31-2/h3-4,7,9-10,13,16,18,27H,5-6,8,11-12,14-15H2,1-2H3. The average Bonchev–Trinajstić information content (AvgIpc) is 3.17. The van der Waals surface area contributed by atoms with Crippen LogP contribution in [0.3, 0.4) is 0 Å². The topological polar surface area (TPSA) is 75.3 Å². The van der Waals surface area contributed by atoms with Crippen LogP contribution in [0.5, 0.6) is 0 Å². The summed E-state index contributed by atoms with van der Waals surface area (Å²) < 4.78 is 4.83. The third-order valence-electron chi connectivity index (χ3n) is 6.18. The monoisotopic (exact) mass is 419 g/mol. The maximum atomic E-state index is 12.7. The van der Waals surface area contributed by atoms with Crippen molar-refractivity contribution in [3.8, 4) is 11.4 Å². The number of fused-ring (bicyclic) bond motifs is 1. The first kappa shape index (κ1) is 21.1. The SMILES string of the molecule is COC(=O)C1CCN(C(=O)CCCc2c(-c3ccccn3)[nH]c3ccc(C)cc23)CC1. The highest BCUT2D eigenvalue weighted by Gasteiger charge is 2.27. The molecule has 31 heavy (non-hydrogen) atoms. The van der Waals surface area contributed by atoms with Gasteiger partial charge in [0.05, 0.1) is 24.4 Å². The molecule has 0 aliphatic carbocycles. The lowest BCUT2D eigenvalue weighted by atomic mass is 9.96. The molecule has 0 bridgehead atoms. The number of pyridine rings is 1. The molecule has 0 radical (unpaired) electrons. The Morgan fingerprint density at radius 1 is 1.19 bits per heavy atom. The first-order valence-corrected chi connectivity index (χ1v) is 10.9. The molecule has 2 aromatic heterocycles. The third-order valence-corrected chi connectivity index (χ3v) is 6.18. The van der Waals surface area contributed by atoms with E-state index in [4.69, 9.17) is 4.74 Å². The Kier molecular flexibility index (Phi) is 6.35. The molecule has 6 nitrogen and oxygen atoms in total. The van der Waals surface area contributed by atoms with E-state index in [9.17, 15) is 9.59 Å². The van der Waals surface area contributed by atoms with Gasteiger partial charge in [-0.15, -0.1) is 0 Å². The Morgan fingerprint density at radius 2 is 2.00 bits per heavy atom. The van der Waals surface area contributed by atoms with Crippen molar-refractivity contribution in [3.63, 3.8) is 0 Å². The van der Waals surface area contributed by atoms with Crippen LogP contribution in [0.25, 0.3) is 22.3 Å². The van der Waals surface area contributed by atoms with Crippen molar-refractivity contribution in [1.29, 1.82) is 0 Å². The van der Waals surface area contributed by atoms with Gasteiger partial charge in [0.1, 0.15) is 0 Å². The van der Waals surface area contributed by atoms with E-state index in [2.05, 4.69) is 35.1 Å². The van der Waals surface area contributed by atoms with Crippen LogP contribution in [0, 0.1) is 12.8 Å². The van der Waals surface area contributed by atoms with E-state index in [0.29, 0.717) is 32.4 Å². The highest BCUT2D eigenvalue weighted by Crippen LogP contribution is 2.31. The molecule has 1 aliphatic rings. The number of H-pyrrole nitrogens is 1. The van der Waals surface area contributed by atoms with E-state index in [0.717, 1.165) is 29.7 Å². The molecule has 1 aliphatic heterocycles. The number of esters is 1. The molecule has 1 N–H and O–H groups in total. The number of likely N-dealkylation sites (tertiary alicyclic amines) is 1. The fourth-order valence-electron chi connectivity index (χ4n) is 4.46. The summed E-state index contributed by atoms with van der Waals surface area (Å²) in [7, 11) is 1.42. The number of nitrogens with zero attached hydrogens (tertiary/aromatic N) is 2. The van der Waals surface area contributed by atoms with Gasteiger partial charge in [-0.3, -0.25) is 14.6 Å². The molecule has 162 valence electrons. The van der Waals surface area contributed by atoms with E-state index in [1.54, 1.807) is 6.20 Å². The molecular weight excluding hydrogens is 390 g/mol. The minimum atomic E-state index is -0.163. The number of aromatic amines is 1. The normalized spacial score (nSPS) is 14.7. The molecule has 1 amide bonds. The van der Waals surface area contributed by atoms with E-state index >= 15 is 0 Å². The number of benzene rings is 1. The van der Waals surface area contributed by atoms with Gasteiger partial charge >= 0.3 is 5.97 Å². The molecule has 3 aromatic rings. The third kappa shape index (κ3) is 4.63. The van der Waals surface area contributed by atoms with Gasteiger partial charge in [-0.25, -0.2) is 0 Å². The summed E-state index contributed by atoms with van der Waals surface area (Å²) in [5, 5.41) is 1.20.